The van der Waals surface area contributed by atoms with Crippen LogP contribution < -0.4 is 5.32 Å². The lowest BCUT2D eigenvalue weighted by molar-refractivity contribution is -0.136. The highest BCUT2D eigenvalue weighted by Crippen LogP contribution is 2.12. The zero-order valence-corrected chi connectivity index (χ0v) is 14.1. The predicted octanol–water partition coefficient (Wildman–Crippen LogP) is 2.76. The van der Waals surface area contributed by atoms with Gasteiger partial charge in [0.05, 0.1) is 0 Å². The number of alkyl carbamates (subject to hydrolysis) is 1. The Morgan fingerprint density at radius 1 is 0.960 bits per heavy atom. The second-order valence-corrected chi connectivity index (χ2v) is 6.13. The number of carbonyl (C=O) groups excluding carboxylic acids is 2. The van der Waals surface area contributed by atoms with Crippen molar-refractivity contribution in [2.24, 2.45) is 0 Å². The number of carbonyl (C=O) groups is 2. The third kappa shape index (κ3) is 4.83. The van der Waals surface area contributed by atoms with Crippen LogP contribution in [-0.4, -0.2) is 36.0 Å². The Kier molecular flexibility index (Phi) is 5.67. The van der Waals surface area contributed by atoms with Gasteiger partial charge in [-0.05, 0) is 17.5 Å². The summed E-state index contributed by atoms with van der Waals surface area (Å²) in [6, 6.07) is 18.5. The van der Waals surface area contributed by atoms with Gasteiger partial charge in [0.15, 0.2) is 0 Å². The van der Waals surface area contributed by atoms with Crippen LogP contribution in [0.2, 0.25) is 0 Å². The zero-order valence-electron chi connectivity index (χ0n) is 14.1. The molecule has 1 aliphatic rings. The largest absolute Gasteiger partial charge is 0.445 e. The van der Waals surface area contributed by atoms with E-state index in [0.717, 1.165) is 30.6 Å². The van der Waals surface area contributed by atoms with Crippen molar-refractivity contribution in [1.29, 1.82) is 0 Å². The van der Waals surface area contributed by atoms with Gasteiger partial charge in [-0.15, -0.1) is 0 Å². The highest BCUT2D eigenvalue weighted by Gasteiger charge is 2.29. The molecule has 5 nitrogen and oxygen atoms in total. The van der Waals surface area contributed by atoms with E-state index in [0.29, 0.717) is 6.42 Å². The maximum Gasteiger partial charge on any atom is 0.408 e. The minimum Gasteiger partial charge on any atom is -0.445 e. The molecule has 0 aromatic heterocycles. The van der Waals surface area contributed by atoms with Crippen LogP contribution in [0.25, 0.3) is 0 Å². The molecule has 1 atom stereocenters. The van der Waals surface area contributed by atoms with Gasteiger partial charge in [-0.3, -0.25) is 4.79 Å². The molecule has 0 bridgehead atoms. The molecule has 5 heteroatoms. The quantitative estimate of drug-likeness (QED) is 0.881. The van der Waals surface area contributed by atoms with E-state index in [1.807, 2.05) is 60.7 Å². The zero-order chi connectivity index (χ0) is 17.5. The minimum atomic E-state index is -0.606. The number of rotatable bonds is 6. The van der Waals surface area contributed by atoms with Crippen LogP contribution in [-0.2, 0) is 22.6 Å². The van der Waals surface area contributed by atoms with E-state index in [4.69, 9.17) is 4.74 Å². The number of benzene rings is 2. The van der Waals surface area contributed by atoms with Crippen LogP contribution in [0.1, 0.15) is 17.5 Å². The smallest absolute Gasteiger partial charge is 0.408 e. The van der Waals surface area contributed by atoms with E-state index in [9.17, 15) is 9.59 Å². The summed E-state index contributed by atoms with van der Waals surface area (Å²) in [7, 11) is 0. The number of hydrogen-bond acceptors (Lipinski definition) is 3. The first-order valence-corrected chi connectivity index (χ1v) is 8.52. The lowest BCUT2D eigenvalue weighted by atomic mass is 10.0. The van der Waals surface area contributed by atoms with Crippen LogP contribution in [0, 0.1) is 0 Å². The summed E-state index contributed by atoms with van der Waals surface area (Å²) in [6.45, 7) is 1.69. The van der Waals surface area contributed by atoms with Gasteiger partial charge in [0, 0.05) is 19.5 Å². The van der Waals surface area contributed by atoms with Crippen molar-refractivity contribution in [3.63, 3.8) is 0 Å². The molecule has 1 aliphatic heterocycles. The van der Waals surface area contributed by atoms with Gasteiger partial charge >= 0.3 is 6.09 Å². The molecule has 1 saturated heterocycles. The van der Waals surface area contributed by atoms with E-state index >= 15 is 0 Å². The molecule has 0 saturated carbocycles. The second kappa shape index (κ2) is 8.33. The standard InChI is InChI=1S/C20H22N2O3/c23-19(22-12-7-13-22)18(14-16-8-3-1-4-9-16)21-20(24)25-15-17-10-5-2-6-11-17/h1-6,8-11,18H,7,12-15H2,(H,21,24)/t18-/m0/s1. The van der Waals surface area contributed by atoms with Crippen molar-refractivity contribution in [3.8, 4) is 0 Å². The Hall–Kier alpha value is -2.82. The van der Waals surface area contributed by atoms with Crippen molar-refractivity contribution in [2.45, 2.75) is 25.5 Å². The fraction of sp³-hybridized carbons (Fsp3) is 0.300. The summed E-state index contributed by atoms with van der Waals surface area (Å²) in [5.41, 5.74) is 1.91. The molecule has 1 heterocycles. The van der Waals surface area contributed by atoms with Crippen molar-refractivity contribution in [2.75, 3.05) is 13.1 Å². The summed E-state index contributed by atoms with van der Waals surface area (Å²) < 4.78 is 5.26. The third-order valence-electron chi connectivity index (χ3n) is 4.25. The van der Waals surface area contributed by atoms with Crippen molar-refractivity contribution in [1.82, 2.24) is 10.2 Å². The van der Waals surface area contributed by atoms with Crippen molar-refractivity contribution < 1.29 is 14.3 Å². The first-order valence-electron chi connectivity index (χ1n) is 8.52. The maximum absolute atomic E-state index is 12.6. The third-order valence-corrected chi connectivity index (χ3v) is 4.25. The van der Waals surface area contributed by atoms with Gasteiger partial charge in [0.1, 0.15) is 12.6 Å². The van der Waals surface area contributed by atoms with E-state index in [1.54, 1.807) is 4.90 Å². The number of amides is 2. The lowest BCUT2D eigenvalue weighted by Gasteiger charge is -2.34. The Morgan fingerprint density at radius 3 is 2.12 bits per heavy atom. The van der Waals surface area contributed by atoms with Crippen molar-refractivity contribution >= 4 is 12.0 Å². The number of nitrogens with zero attached hydrogens (tertiary/aromatic N) is 1. The van der Waals surface area contributed by atoms with Gasteiger partial charge in [-0.2, -0.15) is 0 Å². The Labute approximate surface area is 147 Å². The van der Waals surface area contributed by atoms with Crippen LogP contribution in [0.4, 0.5) is 4.79 Å². The molecule has 2 aromatic rings. The predicted molar refractivity (Wildman–Crippen MR) is 94.9 cm³/mol. The summed E-state index contributed by atoms with van der Waals surface area (Å²) in [5.74, 6) is -0.0493. The van der Waals surface area contributed by atoms with Gasteiger partial charge in [-0.25, -0.2) is 4.79 Å². The highest BCUT2D eigenvalue weighted by molar-refractivity contribution is 5.86. The van der Waals surface area contributed by atoms with Crippen molar-refractivity contribution in [3.05, 3.63) is 71.8 Å². The highest BCUT2D eigenvalue weighted by atomic mass is 16.5. The Morgan fingerprint density at radius 2 is 1.56 bits per heavy atom. The summed E-state index contributed by atoms with van der Waals surface area (Å²) in [5, 5.41) is 2.73. The molecule has 2 amide bonds. The molecule has 0 radical (unpaired) electrons. The fourth-order valence-corrected chi connectivity index (χ4v) is 2.71. The molecular formula is C20H22N2O3. The van der Waals surface area contributed by atoms with E-state index in [-0.39, 0.29) is 12.5 Å². The molecule has 1 N–H and O–H groups in total. The molecule has 2 aromatic carbocycles. The topological polar surface area (TPSA) is 58.6 Å². The minimum absolute atomic E-state index is 0.0493. The second-order valence-electron chi connectivity index (χ2n) is 6.13. The molecular weight excluding hydrogens is 316 g/mol. The van der Waals surface area contributed by atoms with Crippen LogP contribution in [0.15, 0.2) is 60.7 Å². The van der Waals surface area contributed by atoms with Gasteiger partial charge < -0.3 is 15.0 Å². The van der Waals surface area contributed by atoms with E-state index in [2.05, 4.69) is 5.32 Å². The SMILES string of the molecule is O=C(N[C@@H](Cc1ccccc1)C(=O)N1CCC1)OCc1ccccc1. The average molecular weight is 338 g/mol. The molecule has 0 unspecified atom stereocenters. The molecule has 130 valence electrons. The van der Waals surface area contributed by atoms with Gasteiger partial charge in [-0.1, -0.05) is 60.7 Å². The Bertz CT molecular complexity index is 699. The summed E-state index contributed by atoms with van der Waals surface area (Å²) in [4.78, 5) is 26.5. The van der Waals surface area contributed by atoms with Crippen LogP contribution in [0.5, 0.6) is 0 Å². The number of hydrogen-bond donors (Lipinski definition) is 1. The number of nitrogens with one attached hydrogen (secondary N) is 1. The molecule has 0 aliphatic carbocycles. The maximum atomic E-state index is 12.6. The molecule has 0 spiro atoms. The Balaban J connectivity index is 1.60. The number of ether oxygens (including phenoxy) is 1. The van der Waals surface area contributed by atoms with Gasteiger partial charge in [0.2, 0.25) is 5.91 Å². The van der Waals surface area contributed by atoms with E-state index in [1.165, 1.54) is 0 Å². The number of likely N-dealkylation sites (tertiary alicyclic amines) is 1. The first kappa shape index (κ1) is 17.0. The van der Waals surface area contributed by atoms with Crippen LogP contribution in [0.3, 0.4) is 0 Å². The van der Waals surface area contributed by atoms with Crippen LogP contribution >= 0.6 is 0 Å². The fourth-order valence-electron chi connectivity index (χ4n) is 2.71. The van der Waals surface area contributed by atoms with E-state index < -0.39 is 12.1 Å². The first-order chi connectivity index (χ1) is 12.2. The lowest BCUT2D eigenvalue weighted by Crippen LogP contribution is -2.53. The summed E-state index contributed by atoms with van der Waals surface area (Å²) in [6.07, 6.45) is 0.900. The molecule has 25 heavy (non-hydrogen) atoms. The molecule has 1 fully saturated rings. The average Bonchev–Trinajstić information content (AvgIpc) is 2.60. The molecule has 3 rings (SSSR count). The normalized spacial score (nSPS) is 14.3. The van der Waals surface area contributed by atoms with Gasteiger partial charge in [0.25, 0.3) is 0 Å². The monoisotopic (exact) mass is 338 g/mol. The summed E-state index contributed by atoms with van der Waals surface area (Å²) >= 11 is 0.